The number of aromatic nitrogens is 6. The van der Waals surface area contributed by atoms with E-state index in [-0.39, 0.29) is 38.5 Å². The van der Waals surface area contributed by atoms with E-state index in [2.05, 4.69) is 20.4 Å². The molecule has 2 heterocycles. The maximum atomic E-state index is 11.8. The van der Waals surface area contributed by atoms with Gasteiger partial charge in [-0.25, -0.2) is 8.42 Å². The van der Waals surface area contributed by atoms with Gasteiger partial charge in [0, 0.05) is 0 Å². The van der Waals surface area contributed by atoms with Crippen LogP contribution in [0.5, 0.6) is 11.5 Å². The molecule has 0 amide bonds. The third-order valence-corrected chi connectivity index (χ3v) is 7.65. The number of rotatable bonds is 4. The summed E-state index contributed by atoms with van der Waals surface area (Å²) in [5.74, 6) is -0.668. The Labute approximate surface area is 254 Å². The van der Waals surface area contributed by atoms with E-state index in [1.165, 1.54) is 0 Å². The Morgan fingerprint density at radius 3 is 1.63 bits per heavy atom. The molecule has 0 aliphatic carbocycles. The van der Waals surface area contributed by atoms with E-state index in [0.717, 1.165) is 57.1 Å². The van der Waals surface area contributed by atoms with Gasteiger partial charge in [0.05, 0.1) is 15.5 Å². The van der Waals surface area contributed by atoms with Crippen LogP contribution in [0, 0.1) is 13.8 Å². The first-order valence-corrected chi connectivity index (χ1v) is 14.8. The minimum atomic E-state index is -4.64. The summed E-state index contributed by atoms with van der Waals surface area (Å²) in [5, 5.41) is 38.3. The maximum absolute atomic E-state index is 11.8. The molecule has 0 atom stereocenters. The maximum Gasteiger partial charge on any atom is 2.00 e. The molecule has 2 N–H and O–H groups in total. The minimum absolute atomic E-state index is 0. The van der Waals surface area contributed by atoms with Gasteiger partial charge in [0.25, 0.3) is 10.1 Å². The summed E-state index contributed by atoms with van der Waals surface area (Å²) in [6.45, 7) is 3.80. The molecule has 4 aromatic carbocycles. The molecule has 0 unspecified atom stereocenters. The zero-order chi connectivity index (χ0) is 30.4. The van der Waals surface area contributed by atoms with Crippen molar-refractivity contribution in [3.63, 3.8) is 0 Å². The van der Waals surface area contributed by atoms with Crippen LogP contribution in [0.2, 0.25) is 0 Å². The van der Waals surface area contributed by atoms with Crippen LogP contribution >= 0.6 is 0 Å². The fourth-order valence-electron chi connectivity index (χ4n) is 3.90. The number of aryl methyl sites for hydroxylation is 2. The molecule has 224 valence electrons. The average molecular weight is 667 g/mol. The Hall–Kier alpha value is -4.41. The van der Waals surface area contributed by atoms with Crippen molar-refractivity contribution in [2.75, 3.05) is 0 Å². The first-order chi connectivity index (χ1) is 19.7. The Kier molecular flexibility index (Phi) is 8.58. The van der Waals surface area contributed by atoms with Crippen molar-refractivity contribution in [3.8, 4) is 22.9 Å². The topological polar surface area (TPSA) is 216 Å². The van der Waals surface area contributed by atoms with Crippen molar-refractivity contribution in [2.24, 2.45) is 0 Å². The van der Waals surface area contributed by atoms with Gasteiger partial charge in [0.2, 0.25) is 0 Å². The van der Waals surface area contributed by atoms with Crippen LogP contribution in [0.1, 0.15) is 11.1 Å². The molecule has 6 aromatic rings. The summed E-state index contributed by atoms with van der Waals surface area (Å²) < 4.78 is 64.5. The standard InChI is InChI=1S/2C13H11N3O4S.Ni/c2*1-8-2-4-10-11(6-8)15-16(14-10)12-7-9(21(18,19)20)3-5-13(12)17;/h2*2-7,17H,1H3,(H,18,19,20);/q;;+2/p-2. The molecule has 0 spiro atoms. The second-order valence-electron chi connectivity index (χ2n) is 9.17. The molecular weight excluding hydrogens is 647 g/mol. The number of phenols is 1. The van der Waals surface area contributed by atoms with Crippen molar-refractivity contribution in [1.29, 1.82) is 0 Å². The van der Waals surface area contributed by atoms with Gasteiger partial charge < -0.3 is 14.8 Å². The Bertz CT molecular complexity index is 2060. The van der Waals surface area contributed by atoms with Crippen molar-refractivity contribution in [2.45, 2.75) is 23.6 Å². The number of aromatic hydroxyl groups is 1. The quantitative estimate of drug-likeness (QED) is 0.205. The van der Waals surface area contributed by atoms with Gasteiger partial charge in [-0.3, -0.25) is 4.55 Å². The van der Waals surface area contributed by atoms with Crippen LogP contribution in [0.3, 0.4) is 0 Å². The first kappa shape index (κ1) is 31.5. The molecular formula is C26H20N6NiO8S2. The van der Waals surface area contributed by atoms with Crippen LogP contribution in [0.25, 0.3) is 33.4 Å². The van der Waals surface area contributed by atoms with Crippen LogP contribution in [-0.2, 0) is 36.7 Å². The molecule has 43 heavy (non-hydrogen) atoms. The molecule has 0 aliphatic heterocycles. The van der Waals surface area contributed by atoms with Crippen LogP contribution in [0.15, 0.2) is 82.6 Å². The van der Waals surface area contributed by atoms with E-state index >= 15 is 0 Å². The smallest absolute Gasteiger partial charge is 0.871 e. The molecule has 6 rings (SSSR count). The van der Waals surface area contributed by atoms with Crippen LogP contribution in [0.4, 0.5) is 0 Å². The largest absolute Gasteiger partial charge is 2.00 e. The summed E-state index contributed by atoms with van der Waals surface area (Å²) in [6, 6.07) is 17.2. The van der Waals surface area contributed by atoms with Gasteiger partial charge in [0.1, 0.15) is 43.6 Å². The molecule has 0 bridgehead atoms. The fourth-order valence-corrected chi connectivity index (χ4v) is 4.89. The molecule has 14 nitrogen and oxygen atoms in total. The number of phenolic OH excluding ortho intramolecular Hbond substituents is 1. The van der Waals surface area contributed by atoms with Gasteiger partial charge >= 0.3 is 16.5 Å². The third-order valence-electron chi connectivity index (χ3n) is 5.97. The summed E-state index contributed by atoms with van der Waals surface area (Å²) in [4.78, 5) is 1.34. The van der Waals surface area contributed by atoms with Crippen molar-refractivity contribution < 1.29 is 52.6 Å². The molecule has 0 saturated carbocycles. The second-order valence-corrected chi connectivity index (χ2v) is 12.0. The van der Waals surface area contributed by atoms with Gasteiger partial charge in [-0.15, -0.1) is 25.2 Å². The first-order valence-electron chi connectivity index (χ1n) is 11.9. The summed E-state index contributed by atoms with van der Waals surface area (Å²) >= 11 is 0. The summed E-state index contributed by atoms with van der Waals surface area (Å²) in [6.07, 6.45) is 0. The van der Waals surface area contributed by atoms with Gasteiger partial charge in [-0.1, -0.05) is 23.9 Å². The number of hydrogen-bond acceptors (Lipinski definition) is 11. The molecule has 0 fully saturated rings. The number of nitrogens with zero attached hydrogens (tertiary/aromatic N) is 6. The summed E-state index contributed by atoms with van der Waals surface area (Å²) in [5.41, 5.74) is 4.34. The van der Waals surface area contributed by atoms with Crippen molar-refractivity contribution >= 4 is 42.3 Å². The number of fused-ring (bicyclic) bond motifs is 2. The second kappa shape index (κ2) is 11.7. The minimum Gasteiger partial charge on any atom is -0.871 e. The van der Waals surface area contributed by atoms with E-state index in [1.54, 1.807) is 18.2 Å². The van der Waals surface area contributed by atoms with E-state index < -0.39 is 30.9 Å². The van der Waals surface area contributed by atoms with Crippen LogP contribution in [-0.4, -0.2) is 61.0 Å². The zero-order valence-electron chi connectivity index (χ0n) is 22.1. The van der Waals surface area contributed by atoms with E-state index in [1.807, 2.05) is 32.0 Å². The SMILES string of the molecule is Cc1ccc2nn(-c3cc(S(=O)(=O)O)ccc3O)nc2c1.Cc1ccc2nn(-c3cc(S(=O)(=O)[O-])ccc3[O-])nc2c1.[Ni+2]. The van der Waals surface area contributed by atoms with E-state index in [9.17, 15) is 31.6 Å². The zero-order valence-corrected chi connectivity index (χ0v) is 24.7. The van der Waals surface area contributed by atoms with Gasteiger partial charge in [-0.05, 0) is 79.6 Å². The molecule has 0 aliphatic rings. The van der Waals surface area contributed by atoms with Crippen molar-refractivity contribution in [3.05, 3.63) is 83.9 Å². The predicted octanol–water partition coefficient (Wildman–Crippen LogP) is 2.39. The average Bonchev–Trinajstić information content (AvgIpc) is 3.51. The normalized spacial score (nSPS) is 11.6. The molecule has 0 saturated heterocycles. The summed E-state index contributed by atoms with van der Waals surface area (Å²) in [7, 11) is -9.01. The van der Waals surface area contributed by atoms with E-state index in [4.69, 9.17) is 4.55 Å². The Balaban J connectivity index is 0.000000192. The van der Waals surface area contributed by atoms with Gasteiger partial charge in [-0.2, -0.15) is 13.2 Å². The molecule has 17 heteroatoms. The Morgan fingerprint density at radius 2 is 1.12 bits per heavy atom. The van der Waals surface area contributed by atoms with Crippen LogP contribution < -0.4 is 5.11 Å². The van der Waals surface area contributed by atoms with Crippen molar-refractivity contribution in [1.82, 2.24) is 30.0 Å². The fraction of sp³-hybridized carbons (Fsp3) is 0.0769. The number of benzene rings is 4. The predicted molar refractivity (Wildman–Crippen MR) is 146 cm³/mol. The Morgan fingerprint density at radius 1 is 0.651 bits per heavy atom. The van der Waals surface area contributed by atoms with E-state index in [0.29, 0.717) is 22.1 Å². The third kappa shape index (κ3) is 6.82. The van der Waals surface area contributed by atoms with Gasteiger partial charge in [0.15, 0.2) is 0 Å². The number of hydrogen-bond donors (Lipinski definition) is 2. The monoisotopic (exact) mass is 666 g/mol. The molecule has 0 radical (unpaired) electrons. The molecule has 2 aromatic heterocycles.